The van der Waals surface area contributed by atoms with Crippen molar-refractivity contribution in [3.05, 3.63) is 30.6 Å². The molecule has 0 saturated heterocycles. The van der Waals surface area contributed by atoms with Crippen LogP contribution in [0.5, 0.6) is 0 Å². The normalized spacial score (nSPS) is 22.1. The van der Waals surface area contributed by atoms with E-state index in [2.05, 4.69) is 4.40 Å². The van der Waals surface area contributed by atoms with Crippen molar-refractivity contribution < 1.29 is 0 Å². The molecule has 2 aliphatic rings. The summed E-state index contributed by atoms with van der Waals surface area (Å²) in [6.45, 7) is 0. The Bertz CT molecular complexity index is 462. The zero-order valence-corrected chi connectivity index (χ0v) is 12.1. The highest BCUT2D eigenvalue weighted by molar-refractivity contribution is 8.78. The molecule has 8 heteroatoms. The van der Waals surface area contributed by atoms with Crippen LogP contribution in [0.25, 0.3) is 0 Å². The van der Waals surface area contributed by atoms with Gasteiger partial charge in [-0.05, 0) is 10.8 Å². The summed E-state index contributed by atoms with van der Waals surface area (Å²) >= 11 is 29.9. The van der Waals surface area contributed by atoms with Crippen molar-refractivity contribution in [1.82, 2.24) is 0 Å². The van der Waals surface area contributed by atoms with Crippen molar-refractivity contribution in [3.63, 3.8) is 0 Å². The smallest absolute Gasteiger partial charge is 0.147 e. The molecule has 0 atom stereocenters. The third-order valence-corrected chi connectivity index (χ3v) is 5.73. The Morgan fingerprint density at radius 2 is 1.47 bits per heavy atom. The molecule has 1 nitrogen and oxygen atoms in total. The second-order valence-electron chi connectivity index (χ2n) is 2.51. The molecule has 1 aliphatic carbocycles. The van der Waals surface area contributed by atoms with Crippen LogP contribution < -0.4 is 0 Å². The number of fused-ring (bicyclic) bond motifs is 1. The second-order valence-corrected chi connectivity index (χ2v) is 6.45. The minimum Gasteiger partial charge on any atom is -0.192 e. The predicted octanol–water partition coefficient (Wildman–Crippen LogP) is 5.58. The van der Waals surface area contributed by atoms with Gasteiger partial charge >= 0.3 is 0 Å². The standard InChI is InChI=1S/C7Cl5NS2/c8-3-1-2(4(9)5(3)10)7(12)14-15-13-6(1)11. The molecule has 0 amide bonds. The fraction of sp³-hybridized carbons (Fsp3) is 0. The Balaban J connectivity index is 2.71. The number of hydrogen-bond acceptors (Lipinski definition) is 3. The van der Waals surface area contributed by atoms with Crippen LogP contribution in [0.15, 0.2) is 35.0 Å². The monoisotopic (exact) mass is 337 g/mol. The van der Waals surface area contributed by atoms with E-state index in [1.807, 2.05) is 0 Å². The van der Waals surface area contributed by atoms with Crippen molar-refractivity contribution in [3.8, 4) is 0 Å². The molecular formula is C7Cl5NS2. The Labute approximate surface area is 119 Å². The lowest BCUT2D eigenvalue weighted by Gasteiger charge is -2.02. The average molecular weight is 339 g/mol. The van der Waals surface area contributed by atoms with Gasteiger partial charge in [-0.3, -0.25) is 0 Å². The maximum Gasteiger partial charge on any atom is 0.147 e. The topological polar surface area (TPSA) is 12.4 Å². The first kappa shape index (κ1) is 12.5. The second kappa shape index (κ2) is 4.73. The van der Waals surface area contributed by atoms with Crippen molar-refractivity contribution in [2.75, 3.05) is 0 Å². The molecule has 1 heterocycles. The fourth-order valence-electron chi connectivity index (χ4n) is 1.08. The van der Waals surface area contributed by atoms with Crippen LogP contribution in [-0.4, -0.2) is 5.17 Å². The van der Waals surface area contributed by atoms with Crippen LogP contribution in [0.2, 0.25) is 0 Å². The van der Waals surface area contributed by atoms with Gasteiger partial charge in [0.2, 0.25) is 0 Å². The van der Waals surface area contributed by atoms with E-state index in [0.29, 0.717) is 20.5 Å². The summed E-state index contributed by atoms with van der Waals surface area (Å²) in [5, 5.41) is 1.09. The number of rotatable bonds is 0. The zero-order chi connectivity index (χ0) is 11.2. The molecule has 0 fully saturated rings. The molecule has 1 aliphatic heterocycles. The van der Waals surface area contributed by atoms with E-state index in [-0.39, 0.29) is 15.2 Å². The molecule has 0 aromatic rings. The number of halogens is 5. The summed E-state index contributed by atoms with van der Waals surface area (Å²) < 4.78 is 4.45. The fourth-order valence-corrected chi connectivity index (χ4v) is 4.22. The lowest BCUT2D eigenvalue weighted by atomic mass is 10.2. The quantitative estimate of drug-likeness (QED) is 0.422. The maximum atomic E-state index is 6.03. The van der Waals surface area contributed by atoms with Gasteiger partial charge in [0.1, 0.15) is 5.17 Å². The van der Waals surface area contributed by atoms with Gasteiger partial charge in [-0.1, -0.05) is 58.0 Å². The highest BCUT2D eigenvalue weighted by Gasteiger charge is 2.33. The van der Waals surface area contributed by atoms with E-state index in [4.69, 9.17) is 58.0 Å². The van der Waals surface area contributed by atoms with E-state index in [1.165, 1.54) is 10.8 Å². The zero-order valence-electron chi connectivity index (χ0n) is 6.65. The minimum atomic E-state index is 0.247. The first-order chi connectivity index (χ1) is 7.04. The summed E-state index contributed by atoms with van der Waals surface area (Å²) in [7, 11) is 2.41. The van der Waals surface area contributed by atoms with Gasteiger partial charge < -0.3 is 0 Å². The van der Waals surface area contributed by atoms with Crippen LogP contribution in [0.1, 0.15) is 0 Å². The third-order valence-electron chi connectivity index (χ3n) is 1.71. The molecule has 80 valence electrons. The first-order valence-corrected chi connectivity index (χ1v) is 7.47. The van der Waals surface area contributed by atoms with Crippen LogP contribution in [-0.2, 0) is 0 Å². The summed E-state index contributed by atoms with van der Waals surface area (Å²) in [4.78, 5) is 0. The van der Waals surface area contributed by atoms with Gasteiger partial charge in [-0.2, -0.15) is 4.40 Å². The molecular weight excluding hydrogens is 339 g/mol. The molecule has 2 rings (SSSR count). The van der Waals surface area contributed by atoms with Gasteiger partial charge in [0.25, 0.3) is 0 Å². The summed E-state index contributed by atoms with van der Waals surface area (Å²) in [5.41, 5.74) is 1.05. The molecule has 0 spiro atoms. The molecule has 15 heavy (non-hydrogen) atoms. The molecule has 0 aromatic heterocycles. The first-order valence-electron chi connectivity index (χ1n) is 3.47. The van der Waals surface area contributed by atoms with Crippen molar-refractivity contribution >= 4 is 84.9 Å². The van der Waals surface area contributed by atoms with E-state index >= 15 is 0 Å². The number of nitrogens with zero attached hydrogens (tertiary/aromatic N) is 1. The highest BCUT2D eigenvalue weighted by atomic mass is 35.5. The SMILES string of the molecule is ClC1=NSSC(Cl)=C2C(Cl)=C(Cl)C(Cl)=C12. The van der Waals surface area contributed by atoms with Gasteiger partial charge in [-0.15, -0.1) is 0 Å². The molecule has 0 saturated carbocycles. The van der Waals surface area contributed by atoms with Gasteiger partial charge in [-0.25, -0.2) is 0 Å². The summed E-state index contributed by atoms with van der Waals surface area (Å²) in [6, 6.07) is 0. The van der Waals surface area contributed by atoms with Crippen molar-refractivity contribution in [2.45, 2.75) is 0 Å². The number of allylic oxidation sites excluding steroid dienone is 5. The summed E-state index contributed by atoms with van der Waals surface area (Å²) in [6.07, 6.45) is 0. The largest absolute Gasteiger partial charge is 0.192 e. The lowest BCUT2D eigenvalue weighted by molar-refractivity contribution is 1.66. The highest BCUT2D eigenvalue weighted by Crippen LogP contribution is 2.52. The molecule has 0 N–H and O–H groups in total. The van der Waals surface area contributed by atoms with Gasteiger partial charge in [0.15, 0.2) is 0 Å². The lowest BCUT2D eigenvalue weighted by Crippen LogP contribution is -1.95. The maximum absolute atomic E-state index is 6.03. The van der Waals surface area contributed by atoms with Crippen LogP contribution in [0.4, 0.5) is 0 Å². The third kappa shape index (κ3) is 2.08. The predicted molar refractivity (Wildman–Crippen MR) is 73.0 cm³/mol. The Kier molecular flexibility index (Phi) is 3.94. The summed E-state index contributed by atoms with van der Waals surface area (Å²) in [5.74, 6) is 0. The number of hydrogen-bond donors (Lipinski definition) is 0. The van der Waals surface area contributed by atoms with Gasteiger partial charge in [0.05, 0.1) is 30.4 Å². The van der Waals surface area contributed by atoms with Crippen LogP contribution >= 0.6 is 79.8 Å². The van der Waals surface area contributed by atoms with E-state index in [9.17, 15) is 0 Å². The van der Waals surface area contributed by atoms with E-state index in [1.54, 1.807) is 0 Å². The molecule has 0 unspecified atom stereocenters. The Hall–Kier alpha value is 1.04. The van der Waals surface area contributed by atoms with E-state index in [0.717, 1.165) is 11.0 Å². The Morgan fingerprint density at radius 3 is 2.13 bits per heavy atom. The molecule has 0 aromatic carbocycles. The minimum absolute atomic E-state index is 0.247. The van der Waals surface area contributed by atoms with Crippen molar-refractivity contribution in [2.24, 2.45) is 4.40 Å². The van der Waals surface area contributed by atoms with Gasteiger partial charge in [0, 0.05) is 11.1 Å². The molecule has 0 radical (unpaired) electrons. The van der Waals surface area contributed by atoms with Crippen LogP contribution in [0, 0.1) is 0 Å². The van der Waals surface area contributed by atoms with Crippen molar-refractivity contribution in [1.29, 1.82) is 0 Å². The Morgan fingerprint density at radius 1 is 0.800 bits per heavy atom. The van der Waals surface area contributed by atoms with Crippen LogP contribution in [0.3, 0.4) is 0 Å². The average Bonchev–Trinajstić information content (AvgIpc) is 2.35. The van der Waals surface area contributed by atoms with E-state index < -0.39 is 0 Å². The molecule has 0 bridgehead atoms.